The average Bonchev–Trinajstić information content (AvgIpc) is 2.47. The molecule has 112 valence electrons. The maximum atomic E-state index is 9.82. The molecule has 4 rings (SSSR count). The van der Waals surface area contributed by atoms with Crippen LogP contribution in [0.4, 0.5) is 0 Å². The molecule has 2 bridgehead atoms. The Bertz CT molecular complexity index is 579. The molecular weight excluding hydrogens is 381 g/mol. The standard InChI is InChI=1S/C16H18INO3/c1-14(2,3)15(10-18)12-8-19-16(21-15,20-9-12)11-4-6-13(17)7-5-11/h4-7,12H,8-9H2,1-3H3. The van der Waals surface area contributed by atoms with E-state index in [0.717, 1.165) is 9.13 Å². The number of nitriles is 1. The first kappa shape index (κ1) is 15.2. The number of ether oxygens (including phenoxy) is 3. The summed E-state index contributed by atoms with van der Waals surface area (Å²) in [6, 6.07) is 10.2. The molecular formula is C16H18INO3. The summed E-state index contributed by atoms with van der Waals surface area (Å²) in [7, 11) is 0. The molecule has 0 aromatic heterocycles. The van der Waals surface area contributed by atoms with Crippen LogP contribution < -0.4 is 0 Å². The zero-order chi connectivity index (χ0) is 15.3. The quantitative estimate of drug-likeness (QED) is 0.680. The Kier molecular flexibility index (Phi) is 3.56. The van der Waals surface area contributed by atoms with Crippen molar-refractivity contribution < 1.29 is 14.2 Å². The second-order valence-corrected chi connectivity index (χ2v) is 7.83. The third-order valence-corrected chi connectivity index (χ3v) is 5.02. The molecule has 3 heterocycles. The minimum Gasteiger partial charge on any atom is -0.323 e. The van der Waals surface area contributed by atoms with Crippen LogP contribution in [0.2, 0.25) is 0 Å². The van der Waals surface area contributed by atoms with Gasteiger partial charge in [0.1, 0.15) is 0 Å². The van der Waals surface area contributed by atoms with Gasteiger partial charge in [-0.1, -0.05) is 20.8 Å². The number of rotatable bonds is 1. The van der Waals surface area contributed by atoms with Gasteiger partial charge in [-0.25, -0.2) is 0 Å². The highest BCUT2D eigenvalue weighted by Gasteiger charge is 2.63. The lowest BCUT2D eigenvalue weighted by atomic mass is 9.68. The first-order valence-corrected chi connectivity index (χ1v) is 8.06. The third kappa shape index (κ3) is 2.20. The van der Waals surface area contributed by atoms with E-state index in [0.29, 0.717) is 13.2 Å². The van der Waals surface area contributed by atoms with Crippen molar-refractivity contribution in [1.82, 2.24) is 0 Å². The number of hydrogen-bond donors (Lipinski definition) is 0. The molecule has 5 heteroatoms. The van der Waals surface area contributed by atoms with Gasteiger partial charge in [0.25, 0.3) is 0 Å². The van der Waals surface area contributed by atoms with Gasteiger partial charge in [0.2, 0.25) is 0 Å². The van der Waals surface area contributed by atoms with E-state index in [1.165, 1.54) is 0 Å². The molecule has 3 fully saturated rings. The van der Waals surface area contributed by atoms with Crippen LogP contribution in [0.5, 0.6) is 0 Å². The molecule has 0 saturated carbocycles. The van der Waals surface area contributed by atoms with E-state index in [1.807, 2.05) is 45.0 Å². The summed E-state index contributed by atoms with van der Waals surface area (Å²) in [5, 5.41) is 9.82. The molecule has 0 aliphatic carbocycles. The van der Waals surface area contributed by atoms with Gasteiger partial charge in [-0.2, -0.15) is 5.26 Å². The van der Waals surface area contributed by atoms with E-state index < -0.39 is 11.6 Å². The van der Waals surface area contributed by atoms with Gasteiger partial charge in [0.15, 0.2) is 5.60 Å². The molecule has 3 aliphatic heterocycles. The maximum Gasteiger partial charge on any atom is 0.313 e. The van der Waals surface area contributed by atoms with E-state index in [9.17, 15) is 5.26 Å². The van der Waals surface area contributed by atoms with Crippen molar-refractivity contribution in [2.45, 2.75) is 32.3 Å². The summed E-state index contributed by atoms with van der Waals surface area (Å²) in [4.78, 5) is 0. The molecule has 1 atom stereocenters. The van der Waals surface area contributed by atoms with Gasteiger partial charge < -0.3 is 14.2 Å². The monoisotopic (exact) mass is 399 g/mol. The Morgan fingerprint density at radius 3 is 2.24 bits per heavy atom. The smallest absolute Gasteiger partial charge is 0.313 e. The third-order valence-electron chi connectivity index (χ3n) is 4.30. The van der Waals surface area contributed by atoms with Gasteiger partial charge in [-0.3, -0.25) is 0 Å². The SMILES string of the molecule is CC(C)(C)C1(C#N)OC2(c3ccc(I)cc3)OCC1CO2. The number of halogens is 1. The van der Waals surface area contributed by atoms with Crippen molar-refractivity contribution in [3.63, 3.8) is 0 Å². The van der Waals surface area contributed by atoms with Crippen LogP contribution in [-0.2, 0) is 20.2 Å². The van der Waals surface area contributed by atoms with Crippen LogP contribution >= 0.6 is 22.6 Å². The predicted octanol–water partition coefficient (Wildman–Crippen LogP) is 3.40. The van der Waals surface area contributed by atoms with Gasteiger partial charge in [-0.05, 0) is 46.9 Å². The van der Waals surface area contributed by atoms with E-state index in [2.05, 4.69) is 28.7 Å². The van der Waals surface area contributed by atoms with Crippen LogP contribution in [0, 0.1) is 26.2 Å². The topological polar surface area (TPSA) is 51.5 Å². The minimum absolute atomic E-state index is 0.0757. The highest BCUT2D eigenvalue weighted by atomic mass is 127. The summed E-state index contributed by atoms with van der Waals surface area (Å²) in [6.45, 7) is 7.02. The van der Waals surface area contributed by atoms with Crippen molar-refractivity contribution in [2.75, 3.05) is 13.2 Å². The molecule has 4 nitrogen and oxygen atoms in total. The Labute approximate surface area is 138 Å². The molecule has 21 heavy (non-hydrogen) atoms. The highest BCUT2D eigenvalue weighted by molar-refractivity contribution is 14.1. The fourth-order valence-electron chi connectivity index (χ4n) is 3.03. The van der Waals surface area contributed by atoms with Gasteiger partial charge in [0, 0.05) is 20.5 Å². The number of benzene rings is 1. The number of nitrogens with zero attached hydrogens (tertiary/aromatic N) is 1. The summed E-state index contributed by atoms with van der Waals surface area (Å²) in [5.41, 5.74) is -0.439. The Hall–Kier alpha value is -0.680. The maximum absolute atomic E-state index is 9.82. The van der Waals surface area contributed by atoms with Crippen LogP contribution in [0.3, 0.4) is 0 Å². The van der Waals surface area contributed by atoms with Crippen LogP contribution in [-0.4, -0.2) is 18.8 Å². The largest absolute Gasteiger partial charge is 0.323 e. The Morgan fingerprint density at radius 2 is 1.76 bits per heavy atom. The molecule has 3 saturated heterocycles. The average molecular weight is 399 g/mol. The molecule has 0 radical (unpaired) electrons. The van der Waals surface area contributed by atoms with Crippen molar-refractivity contribution in [3.8, 4) is 6.07 Å². The summed E-state index contributed by atoms with van der Waals surface area (Å²) in [5.74, 6) is -1.34. The molecule has 1 aromatic rings. The molecule has 0 N–H and O–H groups in total. The lowest BCUT2D eigenvalue weighted by Crippen LogP contribution is -2.67. The number of fused-ring (bicyclic) bond motifs is 3. The number of hydrogen-bond acceptors (Lipinski definition) is 4. The van der Waals surface area contributed by atoms with Gasteiger partial charge in [0.05, 0.1) is 19.3 Å². The second-order valence-electron chi connectivity index (χ2n) is 6.58. The van der Waals surface area contributed by atoms with E-state index in [-0.39, 0.29) is 11.3 Å². The summed E-state index contributed by atoms with van der Waals surface area (Å²) < 4.78 is 19.0. The van der Waals surface area contributed by atoms with Crippen molar-refractivity contribution in [2.24, 2.45) is 11.3 Å². The Balaban J connectivity index is 2.05. The lowest BCUT2D eigenvalue weighted by Gasteiger charge is -2.57. The van der Waals surface area contributed by atoms with E-state index in [4.69, 9.17) is 14.2 Å². The molecule has 1 unspecified atom stereocenters. The van der Waals surface area contributed by atoms with Gasteiger partial charge >= 0.3 is 5.97 Å². The van der Waals surface area contributed by atoms with Crippen molar-refractivity contribution >= 4 is 22.6 Å². The molecule has 1 aromatic carbocycles. The Morgan fingerprint density at radius 1 is 1.19 bits per heavy atom. The zero-order valence-electron chi connectivity index (χ0n) is 12.4. The van der Waals surface area contributed by atoms with Crippen LogP contribution in [0.25, 0.3) is 0 Å². The van der Waals surface area contributed by atoms with Gasteiger partial charge in [-0.15, -0.1) is 0 Å². The fraction of sp³-hybridized carbons (Fsp3) is 0.562. The summed E-state index contributed by atoms with van der Waals surface area (Å²) in [6.07, 6.45) is 0. The summed E-state index contributed by atoms with van der Waals surface area (Å²) >= 11 is 2.25. The van der Waals surface area contributed by atoms with Crippen molar-refractivity contribution in [1.29, 1.82) is 5.26 Å². The highest BCUT2D eigenvalue weighted by Crippen LogP contribution is 2.53. The first-order valence-electron chi connectivity index (χ1n) is 6.98. The minimum atomic E-state index is -1.26. The van der Waals surface area contributed by atoms with E-state index >= 15 is 0 Å². The van der Waals surface area contributed by atoms with Crippen LogP contribution in [0.1, 0.15) is 26.3 Å². The van der Waals surface area contributed by atoms with Crippen molar-refractivity contribution in [3.05, 3.63) is 33.4 Å². The lowest BCUT2D eigenvalue weighted by molar-refractivity contribution is -0.504. The second kappa shape index (κ2) is 4.92. The fourth-order valence-corrected chi connectivity index (χ4v) is 3.39. The van der Waals surface area contributed by atoms with E-state index in [1.54, 1.807) is 0 Å². The normalized spacial score (nSPS) is 35.5. The predicted molar refractivity (Wildman–Crippen MR) is 85.1 cm³/mol. The molecule has 3 aliphatic rings. The molecule has 0 amide bonds. The zero-order valence-corrected chi connectivity index (χ0v) is 14.5. The van der Waals surface area contributed by atoms with Crippen LogP contribution in [0.15, 0.2) is 24.3 Å². The molecule has 0 spiro atoms. The first-order chi connectivity index (χ1) is 9.83.